The molecule has 0 radical (unpaired) electrons. The predicted molar refractivity (Wildman–Crippen MR) is 123 cm³/mol. The summed E-state index contributed by atoms with van der Waals surface area (Å²) in [6.07, 6.45) is 1.51. The number of carbonyl (C=O) groups excluding carboxylic acids is 1. The van der Waals surface area contributed by atoms with Gasteiger partial charge in [0.1, 0.15) is 6.04 Å². The van der Waals surface area contributed by atoms with E-state index in [1.807, 2.05) is 50.2 Å². The molecule has 0 aliphatic carbocycles. The number of amides is 1. The zero-order chi connectivity index (χ0) is 21.4. The third kappa shape index (κ3) is 7.24. The van der Waals surface area contributed by atoms with Gasteiger partial charge in [-0.25, -0.2) is 8.42 Å². The Kier molecular flexibility index (Phi) is 8.86. The molecule has 8 heteroatoms. The van der Waals surface area contributed by atoms with E-state index in [1.165, 1.54) is 9.87 Å². The standard InChI is InChI=1S/C21H27ClN2O3S2/c1-4-20(24(29(3,26)27)19-11-5-16(2)6-12-19)21(25)23-13-14-28-15-17-7-9-18(22)10-8-17/h5-12,20H,4,13-15H2,1-3H3,(H,23,25). The van der Waals surface area contributed by atoms with Crippen LogP contribution in [0.3, 0.4) is 0 Å². The normalized spacial score (nSPS) is 12.4. The van der Waals surface area contributed by atoms with Crippen LogP contribution in [0.2, 0.25) is 5.02 Å². The summed E-state index contributed by atoms with van der Waals surface area (Å²) in [5.74, 6) is 1.27. The number of nitrogens with one attached hydrogen (secondary N) is 1. The monoisotopic (exact) mass is 454 g/mol. The minimum Gasteiger partial charge on any atom is -0.353 e. The minimum atomic E-state index is -3.61. The second-order valence-electron chi connectivity index (χ2n) is 6.79. The lowest BCUT2D eigenvalue weighted by atomic mass is 10.1. The van der Waals surface area contributed by atoms with Crippen molar-refractivity contribution in [2.75, 3.05) is 22.9 Å². The van der Waals surface area contributed by atoms with Crippen LogP contribution in [0, 0.1) is 6.92 Å². The summed E-state index contributed by atoms with van der Waals surface area (Å²) in [5.41, 5.74) is 2.69. The van der Waals surface area contributed by atoms with Gasteiger partial charge in [0.25, 0.3) is 0 Å². The molecule has 0 aliphatic heterocycles. The molecule has 2 aromatic rings. The first-order chi connectivity index (χ1) is 13.7. The zero-order valence-corrected chi connectivity index (χ0v) is 19.3. The lowest BCUT2D eigenvalue weighted by Crippen LogP contribution is -2.49. The molecule has 0 aliphatic rings. The van der Waals surface area contributed by atoms with E-state index in [2.05, 4.69) is 5.32 Å². The summed E-state index contributed by atoms with van der Waals surface area (Å²) in [6.45, 7) is 4.21. The fourth-order valence-corrected chi connectivity index (χ4v) is 5.04. The molecule has 1 N–H and O–H groups in total. The SMILES string of the molecule is CCC(C(=O)NCCSCc1ccc(Cl)cc1)N(c1ccc(C)cc1)S(C)(=O)=O. The third-order valence-electron chi connectivity index (χ3n) is 4.35. The fourth-order valence-electron chi connectivity index (χ4n) is 2.89. The van der Waals surface area contributed by atoms with Gasteiger partial charge in [-0.2, -0.15) is 11.8 Å². The molecule has 0 aromatic heterocycles. The number of anilines is 1. The molecule has 0 fully saturated rings. The van der Waals surface area contributed by atoms with Crippen molar-refractivity contribution in [3.8, 4) is 0 Å². The van der Waals surface area contributed by atoms with Gasteiger partial charge in [0.15, 0.2) is 0 Å². The second-order valence-corrected chi connectivity index (χ2v) is 10.2. The van der Waals surface area contributed by atoms with Crippen molar-refractivity contribution in [3.63, 3.8) is 0 Å². The molecule has 29 heavy (non-hydrogen) atoms. The summed E-state index contributed by atoms with van der Waals surface area (Å²) >= 11 is 7.58. The molecule has 2 rings (SSSR count). The number of carbonyl (C=O) groups is 1. The van der Waals surface area contributed by atoms with E-state index in [9.17, 15) is 13.2 Å². The lowest BCUT2D eigenvalue weighted by Gasteiger charge is -2.30. The highest BCUT2D eigenvalue weighted by Crippen LogP contribution is 2.23. The molecule has 0 bridgehead atoms. The summed E-state index contributed by atoms with van der Waals surface area (Å²) < 4.78 is 26.0. The van der Waals surface area contributed by atoms with Crippen molar-refractivity contribution < 1.29 is 13.2 Å². The maximum Gasteiger partial charge on any atom is 0.243 e. The summed E-state index contributed by atoms with van der Waals surface area (Å²) in [5, 5.41) is 3.58. The van der Waals surface area contributed by atoms with E-state index in [4.69, 9.17) is 11.6 Å². The Morgan fingerprint density at radius 1 is 1.14 bits per heavy atom. The number of thioether (sulfide) groups is 1. The van der Waals surface area contributed by atoms with E-state index in [0.717, 1.165) is 23.3 Å². The van der Waals surface area contributed by atoms with Crippen molar-refractivity contribution in [1.29, 1.82) is 0 Å². The molecule has 1 amide bonds. The van der Waals surface area contributed by atoms with Crippen LogP contribution in [-0.4, -0.2) is 38.9 Å². The maximum atomic E-state index is 12.7. The van der Waals surface area contributed by atoms with Crippen LogP contribution in [0.4, 0.5) is 5.69 Å². The fraction of sp³-hybridized carbons (Fsp3) is 0.381. The number of hydrogen-bond donors (Lipinski definition) is 1. The van der Waals surface area contributed by atoms with Gasteiger partial charge >= 0.3 is 0 Å². The highest BCUT2D eigenvalue weighted by atomic mass is 35.5. The van der Waals surface area contributed by atoms with Gasteiger partial charge in [0.2, 0.25) is 15.9 Å². The second kappa shape index (κ2) is 10.9. The molecule has 0 heterocycles. The zero-order valence-electron chi connectivity index (χ0n) is 16.9. The Hall–Kier alpha value is -1.70. The predicted octanol–water partition coefficient (Wildman–Crippen LogP) is 4.24. The summed E-state index contributed by atoms with van der Waals surface area (Å²) in [6, 6.07) is 14.0. The van der Waals surface area contributed by atoms with Crippen LogP contribution in [0.15, 0.2) is 48.5 Å². The first kappa shape index (κ1) is 23.6. The number of halogens is 1. The molecule has 2 aromatic carbocycles. The summed E-state index contributed by atoms with van der Waals surface area (Å²) in [7, 11) is -3.61. The van der Waals surface area contributed by atoms with Gasteiger partial charge in [0, 0.05) is 23.1 Å². The van der Waals surface area contributed by atoms with Crippen LogP contribution < -0.4 is 9.62 Å². The van der Waals surface area contributed by atoms with E-state index < -0.39 is 16.1 Å². The van der Waals surface area contributed by atoms with Crippen molar-refractivity contribution in [2.24, 2.45) is 0 Å². The van der Waals surface area contributed by atoms with Gasteiger partial charge in [-0.05, 0) is 43.2 Å². The Labute approximate surface area is 182 Å². The van der Waals surface area contributed by atoms with Gasteiger partial charge in [0.05, 0.1) is 11.9 Å². The first-order valence-electron chi connectivity index (χ1n) is 9.38. The van der Waals surface area contributed by atoms with E-state index >= 15 is 0 Å². The number of aryl methyl sites for hydroxylation is 1. The largest absolute Gasteiger partial charge is 0.353 e. The highest BCUT2D eigenvalue weighted by molar-refractivity contribution is 7.98. The van der Waals surface area contributed by atoms with Crippen molar-refractivity contribution in [2.45, 2.75) is 32.1 Å². The Bertz CT molecular complexity index is 901. The molecular formula is C21H27ClN2O3S2. The molecule has 0 saturated carbocycles. The van der Waals surface area contributed by atoms with Gasteiger partial charge in [-0.3, -0.25) is 9.10 Å². The molecule has 1 unspecified atom stereocenters. The van der Waals surface area contributed by atoms with Crippen LogP contribution >= 0.6 is 23.4 Å². The lowest BCUT2D eigenvalue weighted by molar-refractivity contribution is -0.122. The Morgan fingerprint density at radius 3 is 2.31 bits per heavy atom. The number of benzene rings is 2. The topological polar surface area (TPSA) is 66.5 Å². The van der Waals surface area contributed by atoms with Crippen LogP contribution in [0.5, 0.6) is 0 Å². The van der Waals surface area contributed by atoms with Crippen molar-refractivity contribution in [1.82, 2.24) is 5.32 Å². The van der Waals surface area contributed by atoms with E-state index in [-0.39, 0.29) is 5.91 Å². The average Bonchev–Trinajstić information content (AvgIpc) is 2.67. The first-order valence-corrected chi connectivity index (χ1v) is 12.8. The number of sulfonamides is 1. The Balaban J connectivity index is 1.94. The van der Waals surface area contributed by atoms with Crippen LogP contribution in [-0.2, 0) is 20.6 Å². The minimum absolute atomic E-state index is 0.286. The van der Waals surface area contributed by atoms with Gasteiger partial charge < -0.3 is 5.32 Å². The van der Waals surface area contributed by atoms with Crippen molar-refractivity contribution in [3.05, 3.63) is 64.7 Å². The van der Waals surface area contributed by atoms with Crippen molar-refractivity contribution >= 4 is 45.0 Å². The molecule has 5 nitrogen and oxygen atoms in total. The molecular weight excluding hydrogens is 428 g/mol. The smallest absolute Gasteiger partial charge is 0.243 e. The third-order valence-corrected chi connectivity index (χ3v) is 6.81. The molecule has 158 valence electrons. The van der Waals surface area contributed by atoms with E-state index in [0.29, 0.717) is 23.7 Å². The number of hydrogen-bond acceptors (Lipinski definition) is 4. The summed E-state index contributed by atoms with van der Waals surface area (Å²) in [4.78, 5) is 12.7. The maximum absolute atomic E-state index is 12.7. The highest BCUT2D eigenvalue weighted by Gasteiger charge is 2.31. The van der Waals surface area contributed by atoms with E-state index in [1.54, 1.807) is 23.9 Å². The Morgan fingerprint density at radius 2 is 1.76 bits per heavy atom. The number of rotatable bonds is 10. The average molecular weight is 455 g/mol. The van der Waals surface area contributed by atoms with Gasteiger partial charge in [-0.1, -0.05) is 48.4 Å². The molecule has 0 saturated heterocycles. The van der Waals surface area contributed by atoms with Gasteiger partial charge in [-0.15, -0.1) is 0 Å². The van der Waals surface area contributed by atoms with Crippen LogP contribution in [0.1, 0.15) is 24.5 Å². The quantitative estimate of drug-likeness (QED) is 0.545. The van der Waals surface area contributed by atoms with Crippen LogP contribution in [0.25, 0.3) is 0 Å². The molecule has 1 atom stereocenters. The number of nitrogens with zero attached hydrogens (tertiary/aromatic N) is 1. The molecule has 0 spiro atoms.